The Bertz CT molecular complexity index is 1850. The molecule has 0 fully saturated rings. The summed E-state index contributed by atoms with van der Waals surface area (Å²) in [6.07, 6.45) is 0. The molecule has 0 amide bonds. The fourth-order valence-corrected chi connectivity index (χ4v) is 11.9. The second-order valence-corrected chi connectivity index (χ2v) is 24.8. The number of hydrogen-bond acceptors (Lipinski definition) is 12. The first kappa shape index (κ1) is 49.2. The quantitative estimate of drug-likeness (QED) is 0.148. The van der Waals surface area contributed by atoms with E-state index >= 15 is 0 Å². The molecule has 7 rings (SSSR count). The first-order chi connectivity index (χ1) is 30.3. The van der Waals surface area contributed by atoms with E-state index in [1.165, 1.54) is 22.3 Å². The summed E-state index contributed by atoms with van der Waals surface area (Å²) < 4.78 is 52.2. The molecular formula is C52H68O8S4. The zero-order chi connectivity index (χ0) is 45.9. The van der Waals surface area contributed by atoms with Gasteiger partial charge < -0.3 is 37.9 Å². The predicted molar refractivity (Wildman–Crippen MR) is 262 cm³/mol. The van der Waals surface area contributed by atoms with Gasteiger partial charge in [0.2, 0.25) is 0 Å². The fraction of sp³-hybridized carbons (Fsp3) is 0.538. The van der Waals surface area contributed by atoms with E-state index in [1.807, 2.05) is 0 Å². The molecule has 0 aromatic heterocycles. The molecule has 4 aromatic carbocycles. The minimum atomic E-state index is -0.172. The summed E-state index contributed by atoms with van der Waals surface area (Å²) in [6.45, 7) is 32.2. The molecule has 3 aliphatic heterocycles. The number of rotatable bonds is 0. The summed E-state index contributed by atoms with van der Waals surface area (Å²) in [5, 5.41) is 0. The molecule has 3 aliphatic rings. The summed E-state index contributed by atoms with van der Waals surface area (Å²) in [5.74, 6) is 3.21. The first-order valence-electron chi connectivity index (χ1n) is 22.5. The van der Waals surface area contributed by atoms with Gasteiger partial charge in [0.05, 0.1) is 92.0 Å². The largest absolute Gasteiger partial charge is 0.489 e. The molecule has 0 unspecified atom stereocenters. The fourth-order valence-electron chi connectivity index (χ4n) is 7.14. The molecule has 0 saturated carbocycles. The van der Waals surface area contributed by atoms with Crippen molar-refractivity contribution in [2.45, 2.75) is 144 Å². The molecule has 0 radical (unpaired) electrons. The highest BCUT2D eigenvalue weighted by Gasteiger charge is 2.31. The van der Waals surface area contributed by atoms with Gasteiger partial charge in [-0.1, -0.05) is 130 Å². The van der Waals surface area contributed by atoms with Crippen molar-refractivity contribution in [1.82, 2.24) is 0 Å². The van der Waals surface area contributed by atoms with Crippen LogP contribution in [0.1, 0.15) is 105 Å². The van der Waals surface area contributed by atoms with E-state index < -0.39 is 0 Å². The van der Waals surface area contributed by atoms with Crippen LogP contribution in [0.15, 0.2) is 87.7 Å². The van der Waals surface area contributed by atoms with Gasteiger partial charge in [0.1, 0.15) is 49.4 Å². The zero-order valence-electron chi connectivity index (χ0n) is 40.0. The lowest BCUT2D eigenvalue weighted by atomic mass is 9.87. The van der Waals surface area contributed by atoms with Gasteiger partial charge in [0, 0.05) is 0 Å². The Labute approximate surface area is 399 Å². The minimum absolute atomic E-state index is 0.172. The van der Waals surface area contributed by atoms with Crippen molar-refractivity contribution in [3.63, 3.8) is 0 Å². The van der Waals surface area contributed by atoms with Crippen molar-refractivity contribution in [2.75, 3.05) is 79.3 Å². The van der Waals surface area contributed by atoms with E-state index in [1.54, 1.807) is 47.0 Å². The van der Waals surface area contributed by atoms with E-state index in [-0.39, 0.29) is 21.7 Å². The molecule has 12 bridgehead atoms. The Morgan fingerprint density at radius 2 is 0.422 bits per heavy atom. The standard InChI is InChI=1S/C52H68O8S4/c1-49(2,3)33-25-37-45-38(26-33)62-40-28-35(51(7,8)9)30-42-47(40)59-23-19-55-16-15-54-18-22-58-46-39(61-37)27-34(50(4,5)6)29-41(46)63-43-31-36(52(10,11)12)32-44(64-42)48(43)60-24-20-56-14-13-53-17-21-57-45/h25-32H,13-24H2,1-12H3. The van der Waals surface area contributed by atoms with Gasteiger partial charge in [-0.15, -0.1) is 0 Å². The van der Waals surface area contributed by atoms with E-state index in [4.69, 9.17) is 37.9 Å². The van der Waals surface area contributed by atoms with Crippen molar-refractivity contribution in [1.29, 1.82) is 0 Å². The molecule has 4 aromatic rings. The van der Waals surface area contributed by atoms with Gasteiger partial charge in [0.25, 0.3) is 0 Å². The number of ether oxygens (including phenoxy) is 8. The maximum absolute atomic E-state index is 6.96. The lowest BCUT2D eigenvalue weighted by Gasteiger charge is -2.28. The van der Waals surface area contributed by atoms with Crippen LogP contribution >= 0.6 is 47.0 Å². The molecule has 0 N–H and O–H groups in total. The van der Waals surface area contributed by atoms with Gasteiger partial charge in [0.15, 0.2) is 0 Å². The lowest BCUT2D eigenvalue weighted by Crippen LogP contribution is -2.15. The van der Waals surface area contributed by atoms with Crippen LogP contribution in [0.4, 0.5) is 0 Å². The highest BCUT2D eigenvalue weighted by Crippen LogP contribution is 2.56. The summed E-state index contributed by atoms with van der Waals surface area (Å²) in [7, 11) is 0. The van der Waals surface area contributed by atoms with Crippen LogP contribution in [0.2, 0.25) is 0 Å². The van der Waals surface area contributed by atoms with Crippen LogP contribution in [0.25, 0.3) is 0 Å². The van der Waals surface area contributed by atoms with Gasteiger partial charge in [-0.2, -0.15) is 0 Å². The highest BCUT2D eigenvalue weighted by molar-refractivity contribution is 8.01. The monoisotopic (exact) mass is 948 g/mol. The van der Waals surface area contributed by atoms with Crippen LogP contribution < -0.4 is 18.9 Å². The summed E-state index contributed by atoms with van der Waals surface area (Å²) in [6, 6.07) is 18.5. The second kappa shape index (κ2) is 20.7. The van der Waals surface area contributed by atoms with Crippen molar-refractivity contribution >= 4 is 47.0 Å². The van der Waals surface area contributed by atoms with Crippen LogP contribution in [-0.2, 0) is 40.6 Å². The van der Waals surface area contributed by atoms with Gasteiger partial charge in [-0.05, 0) is 92.4 Å². The number of benzene rings is 4. The molecule has 0 atom stereocenters. The molecule has 0 spiro atoms. The minimum Gasteiger partial charge on any atom is -0.489 e. The Hall–Kier alpha value is -2.68. The van der Waals surface area contributed by atoms with Crippen LogP contribution in [0.5, 0.6) is 23.0 Å². The van der Waals surface area contributed by atoms with E-state index in [0.717, 1.165) is 62.2 Å². The summed E-state index contributed by atoms with van der Waals surface area (Å²) >= 11 is 6.80. The SMILES string of the molecule is CC(C)(C)c1cc2c3c(c1)Sc1cc(C(C)(C)C)cc4c1OCCOCCOCCOc1c(cc(C(C)(C)C)cc1Sc1cc(C(C)(C)C)cc(c1OCCOCCOCCO3)S4)S2. The second-order valence-electron chi connectivity index (χ2n) is 20.5. The molecule has 348 valence electrons. The first-order valence-corrected chi connectivity index (χ1v) is 25.8. The topological polar surface area (TPSA) is 73.8 Å². The maximum atomic E-state index is 6.96. The normalized spacial score (nSPS) is 17.6. The third-order valence-electron chi connectivity index (χ3n) is 11.1. The van der Waals surface area contributed by atoms with E-state index in [0.29, 0.717) is 79.3 Å². The zero-order valence-corrected chi connectivity index (χ0v) is 43.3. The van der Waals surface area contributed by atoms with Crippen LogP contribution in [-0.4, -0.2) is 79.3 Å². The lowest BCUT2D eigenvalue weighted by molar-refractivity contribution is 0.0263. The van der Waals surface area contributed by atoms with Gasteiger partial charge >= 0.3 is 0 Å². The average Bonchev–Trinajstić information content (AvgIpc) is 3.19. The third-order valence-corrected chi connectivity index (χ3v) is 15.3. The molecule has 64 heavy (non-hydrogen) atoms. The summed E-state index contributed by atoms with van der Waals surface area (Å²) in [4.78, 5) is 8.02. The number of hydrogen-bond donors (Lipinski definition) is 0. The third kappa shape index (κ3) is 12.4. The van der Waals surface area contributed by atoms with Crippen molar-refractivity contribution in [3.05, 3.63) is 70.8 Å². The van der Waals surface area contributed by atoms with Crippen molar-refractivity contribution in [3.8, 4) is 23.0 Å². The molecule has 3 heterocycles. The predicted octanol–water partition coefficient (Wildman–Crippen LogP) is 13.4. The highest BCUT2D eigenvalue weighted by atomic mass is 32.2. The smallest absolute Gasteiger partial charge is 0.147 e. The molecule has 8 nitrogen and oxygen atoms in total. The van der Waals surface area contributed by atoms with Crippen molar-refractivity contribution < 1.29 is 37.9 Å². The summed E-state index contributed by atoms with van der Waals surface area (Å²) in [5.41, 5.74) is 4.11. The Balaban J connectivity index is 1.65. The van der Waals surface area contributed by atoms with E-state index in [2.05, 4.69) is 132 Å². The molecular weight excluding hydrogens is 881 g/mol. The van der Waals surface area contributed by atoms with Gasteiger partial charge in [-0.25, -0.2) is 0 Å². The van der Waals surface area contributed by atoms with Gasteiger partial charge in [-0.3, -0.25) is 0 Å². The molecule has 0 aliphatic carbocycles. The molecule has 12 heteroatoms. The Kier molecular flexibility index (Phi) is 15.9. The van der Waals surface area contributed by atoms with E-state index in [9.17, 15) is 0 Å². The average molecular weight is 949 g/mol. The Morgan fingerprint density at radius 3 is 0.578 bits per heavy atom. The van der Waals surface area contributed by atoms with Crippen LogP contribution in [0.3, 0.4) is 0 Å². The van der Waals surface area contributed by atoms with Crippen molar-refractivity contribution in [2.24, 2.45) is 0 Å². The maximum Gasteiger partial charge on any atom is 0.147 e. The van der Waals surface area contributed by atoms with Crippen LogP contribution in [0, 0.1) is 0 Å². The Morgan fingerprint density at radius 1 is 0.266 bits per heavy atom. The molecule has 0 saturated heterocycles.